The average molecular weight is 735 g/mol. The molecule has 0 aliphatic carbocycles. The Kier molecular flexibility index (Phi) is 12.0. The molecule has 5 aromatic rings. The molecule has 5 aromatic carbocycles. The molecule has 4 atom stereocenters. The van der Waals surface area contributed by atoms with Crippen molar-refractivity contribution in [2.75, 3.05) is 11.9 Å². The highest BCUT2D eigenvalue weighted by Crippen LogP contribution is 2.39. The Morgan fingerprint density at radius 3 is 2.00 bits per heavy atom. The van der Waals surface area contributed by atoms with E-state index in [1.54, 1.807) is 24.3 Å². The number of ether oxygens (including phenoxy) is 2. The van der Waals surface area contributed by atoms with Gasteiger partial charge in [0.2, 0.25) is 5.91 Å². The Balaban J connectivity index is 1.38. The topological polar surface area (TPSA) is 77.1 Å². The third-order valence-electron chi connectivity index (χ3n) is 9.15. The SMILES string of the molecule is C[Si](C)(C)O[C@@H](CC[C@@H](C(=O)N1C(=O)OCC1c1ccccc1)C(Nc1ccc(F)cc1)c1ccc(OCc2ccccc2)cc1)c1ccc(F)cc1. The fraction of sp³-hybridized carbons (Fsp3) is 0.256. The van der Waals surface area contributed by atoms with Crippen LogP contribution in [0.3, 0.4) is 0 Å². The number of halogens is 2. The number of carbonyl (C=O) groups excluding carboxylic acids is 2. The first-order chi connectivity index (χ1) is 25.5. The highest BCUT2D eigenvalue weighted by atomic mass is 28.4. The summed E-state index contributed by atoms with van der Waals surface area (Å²) in [6.07, 6.45) is -0.479. The molecule has 0 spiro atoms. The Morgan fingerprint density at radius 1 is 0.792 bits per heavy atom. The summed E-state index contributed by atoms with van der Waals surface area (Å²) in [6, 6.07) is 37.6. The molecule has 7 nitrogen and oxygen atoms in total. The van der Waals surface area contributed by atoms with Gasteiger partial charge in [-0.3, -0.25) is 4.79 Å². The van der Waals surface area contributed by atoms with Gasteiger partial charge in [-0.15, -0.1) is 0 Å². The van der Waals surface area contributed by atoms with E-state index < -0.39 is 50.2 Å². The lowest BCUT2D eigenvalue weighted by Gasteiger charge is -2.34. The van der Waals surface area contributed by atoms with Gasteiger partial charge in [0.15, 0.2) is 8.32 Å². The number of hydrogen-bond acceptors (Lipinski definition) is 6. The largest absolute Gasteiger partial charge is 0.489 e. The van der Waals surface area contributed by atoms with Crippen LogP contribution in [0.15, 0.2) is 133 Å². The summed E-state index contributed by atoms with van der Waals surface area (Å²) in [5.74, 6) is -1.35. The number of nitrogens with zero attached hydrogens (tertiary/aromatic N) is 1. The fourth-order valence-electron chi connectivity index (χ4n) is 6.58. The molecule has 53 heavy (non-hydrogen) atoms. The van der Waals surface area contributed by atoms with Crippen LogP contribution in [0.4, 0.5) is 19.3 Å². The van der Waals surface area contributed by atoms with Crippen LogP contribution in [-0.4, -0.2) is 31.8 Å². The lowest BCUT2D eigenvalue weighted by molar-refractivity contribution is -0.134. The molecule has 1 N–H and O–H groups in total. The molecule has 1 aliphatic heterocycles. The molecule has 0 radical (unpaired) electrons. The summed E-state index contributed by atoms with van der Waals surface area (Å²) < 4.78 is 46.3. The molecule has 1 saturated heterocycles. The Morgan fingerprint density at radius 2 is 1.38 bits per heavy atom. The number of nitrogens with one attached hydrogen (secondary N) is 1. The van der Waals surface area contributed by atoms with E-state index in [4.69, 9.17) is 13.9 Å². The maximum absolute atomic E-state index is 15.0. The van der Waals surface area contributed by atoms with Crippen molar-refractivity contribution < 1.29 is 32.3 Å². The molecule has 2 amide bonds. The minimum atomic E-state index is -2.13. The molecule has 6 rings (SSSR count). The van der Waals surface area contributed by atoms with Crippen molar-refractivity contribution in [2.45, 2.75) is 57.3 Å². The number of amides is 2. The zero-order valence-electron chi connectivity index (χ0n) is 30.1. The van der Waals surface area contributed by atoms with Gasteiger partial charge in [-0.1, -0.05) is 84.9 Å². The summed E-state index contributed by atoms with van der Waals surface area (Å²) in [5.41, 5.74) is 3.95. The van der Waals surface area contributed by atoms with E-state index in [1.807, 2.05) is 84.9 Å². The minimum absolute atomic E-state index is 0.0295. The number of hydrogen-bond donors (Lipinski definition) is 1. The van der Waals surface area contributed by atoms with Gasteiger partial charge in [-0.2, -0.15) is 0 Å². The summed E-state index contributed by atoms with van der Waals surface area (Å²) in [4.78, 5) is 29.7. The van der Waals surface area contributed by atoms with Gasteiger partial charge in [-0.25, -0.2) is 18.5 Å². The molecule has 1 aliphatic rings. The Hall–Kier alpha value is -5.32. The summed E-state index contributed by atoms with van der Waals surface area (Å²) in [5, 5.41) is 3.50. The third-order valence-corrected chi connectivity index (χ3v) is 10.1. The number of benzene rings is 5. The van der Waals surface area contributed by atoms with Crippen LogP contribution in [0.2, 0.25) is 19.6 Å². The highest BCUT2D eigenvalue weighted by molar-refractivity contribution is 6.69. The molecule has 1 heterocycles. The minimum Gasteiger partial charge on any atom is -0.489 e. The van der Waals surface area contributed by atoms with Crippen LogP contribution in [0, 0.1) is 17.6 Å². The van der Waals surface area contributed by atoms with Gasteiger partial charge in [0, 0.05) is 5.69 Å². The van der Waals surface area contributed by atoms with Crippen molar-refractivity contribution in [3.63, 3.8) is 0 Å². The van der Waals surface area contributed by atoms with Gasteiger partial charge >= 0.3 is 6.09 Å². The maximum atomic E-state index is 15.0. The first-order valence-electron chi connectivity index (χ1n) is 17.8. The van der Waals surface area contributed by atoms with E-state index >= 15 is 4.79 Å². The molecular formula is C43H44F2N2O5Si. The molecule has 274 valence electrons. The summed E-state index contributed by atoms with van der Waals surface area (Å²) in [6.45, 7) is 6.66. The van der Waals surface area contributed by atoms with Crippen LogP contribution in [0.1, 0.15) is 53.3 Å². The monoisotopic (exact) mass is 734 g/mol. The summed E-state index contributed by atoms with van der Waals surface area (Å²) in [7, 11) is -2.13. The molecule has 0 saturated carbocycles. The van der Waals surface area contributed by atoms with Crippen molar-refractivity contribution in [1.82, 2.24) is 4.90 Å². The maximum Gasteiger partial charge on any atom is 0.417 e. The number of imide groups is 1. The van der Waals surface area contributed by atoms with Gasteiger partial charge in [-0.05, 0) is 103 Å². The zero-order valence-corrected chi connectivity index (χ0v) is 31.1. The van der Waals surface area contributed by atoms with Crippen LogP contribution in [0.5, 0.6) is 5.75 Å². The van der Waals surface area contributed by atoms with Gasteiger partial charge < -0.3 is 19.2 Å². The van der Waals surface area contributed by atoms with Crippen molar-refractivity contribution in [2.24, 2.45) is 5.92 Å². The number of cyclic esters (lactones) is 1. The van der Waals surface area contributed by atoms with E-state index in [9.17, 15) is 13.6 Å². The van der Waals surface area contributed by atoms with Crippen LogP contribution in [-0.2, 0) is 20.6 Å². The van der Waals surface area contributed by atoms with Crippen LogP contribution in [0.25, 0.3) is 0 Å². The smallest absolute Gasteiger partial charge is 0.417 e. The van der Waals surface area contributed by atoms with E-state index in [0.29, 0.717) is 24.5 Å². The Labute approximate surface area is 310 Å². The predicted molar refractivity (Wildman–Crippen MR) is 204 cm³/mol. The second kappa shape index (κ2) is 17.0. The van der Waals surface area contributed by atoms with Crippen molar-refractivity contribution in [3.05, 3.63) is 167 Å². The van der Waals surface area contributed by atoms with Gasteiger partial charge in [0.1, 0.15) is 36.6 Å². The van der Waals surface area contributed by atoms with Crippen molar-refractivity contribution >= 4 is 26.0 Å². The first-order valence-corrected chi connectivity index (χ1v) is 21.2. The number of anilines is 1. The number of carbonyl (C=O) groups is 2. The van der Waals surface area contributed by atoms with Gasteiger partial charge in [0.05, 0.1) is 18.1 Å². The fourth-order valence-corrected chi connectivity index (χ4v) is 7.69. The van der Waals surface area contributed by atoms with Crippen LogP contribution < -0.4 is 10.1 Å². The van der Waals surface area contributed by atoms with Crippen molar-refractivity contribution in [1.29, 1.82) is 0 Å². The molecule has 10 heteroatoms. The highest BCUT2D eigenvalue weighted by Gasteiger charge is 2.44. The molecule has 0 bridgehead atoms. The first kappa shape index (κ1) is 37.4. The van der Waals surface area contributed by atoms with E-state index in [2.05, 4.69) is 25.0 Å². The molecule has 1 fully saturated rings. The molecule has 2 unspecified atom stereocenters. The summed E-state index contributed by atoms with van der Waals surface area (Å²) >= 11 is 0. The second-order valence-corrected chi connectivity index (χ2v) is 18.6. The average Bonchev–Trinajstić information content (AvgIpc) is 3.55. The molecule has 0 aromatic heterocycles. The van der Waals surface area contributed by atoms with E-state index in [0.717, 1.165) is 22.3 Å². The lowest BCUT2D eigenvalue weighted by Crippen LogP contribution is -2.42. The standard InChI is InChI=1S/C43H44F2N2O5Si/c1-53(2,3)52-40(32-14-18-34(44)19-15-32)27-26-38(42(48)47-39(29-51-43(47)49)31-12-8-5-9-13-31)41(46-36-22-20-35(45)21-23-36)33-16-24-37(25-17-33)50-28-30-10-6-4-7-11-30/h4-25,38-41,46H,26-29H2,1-3H3/t38-,39?,40+,41?/m1/s1. The van der Waals surface area contributed by atoms with E-state index in [-0.39, 0.29) is 18.8 Å². The second-order valence-electron chi connectivity index (χ2n) is 14.1. The third kappa shape index (κ3) is 9.97. The normalized spacial score (nSPS) is 16.1. The van der Waals surface area contributed by atoms with Crippen LogP contribution >= 0.6 is 0 Å². The van der Waals surface area contributed by atoms with Crippen molar-refractivity contribution in [3.8, 4) is 5.75 Å². The quantitative estimate of drug-likeness (QED) is 0.108. The molecular weight excluding hydrogens is 691 g/mol. The Bertz CT molecular complexity index is 1940. The lowest BCUT2D eigenvalue weighted by atomic mass is 9.85. The van der Waals surface area contributed by atoms with E-state index in [1.165, 1.54) is 29.2 Å². The number of rotatable bonds is 15. The van der Waals surface area contributed by atoms with Gasteiger partial charge in [0.25, 0.3) is 0 Å². The predicted octanol–water partition coefficient (Wildman–Crippen LogP) is 10.4. The zero-order chi connectivity index (χ0) is 37.4.